The van der Waals surface area contributed by atoms with Crippen LogP contribution in [0.1, 0.15) is 11.1 Å². The van der Waals surface area contributed by atoms with Gasteiger partial charge in [-0.05, 0) is 30.7 Å². The van der Waals surface area contributed by atoms with Crippen LogP contribution in [-0.2, 0) is 4.79 Å². The van der Waals surface area contributed by atoms with Gasteiger partial charge in [-0.3, -0.25) is 14.9 Å². The van der Waals surface area contributed by atoms with E-state index in [0.717, 1.165) is 5.56 Å². The number of anilines is 1. The average Bonchev–Trinajstić information content (AvgIpc) is 2.48. The molecular formula is C16H14N2O3. The first-order chi connectivity index (χ1) is 10.0. The summed E-state index contributed by atoms with van der Waals surface area (Å²) in [6.45, 7) is 1.97. The van der Waals surface area contributed by atoms with E-state index in [4.69, 9.17) is 0 Å². The molecule has 0 radical (unpaired) electrons. The Kier molecular flexibility index (Phi) is 4.46. The van der Waals surface area contributed by atoms with Crippen molar-refractivity contribution in [2.45, 2.75) is 6.92 Å². The van der Waals surface area contributed by atoms with Crippen molar-refractivity contribution in [1.29, 1.82) is 0 Å². The Bertz CT molecular complexity index is 691. The maximum Gasteiger partial charge on any atom is 0.270 e. The second-order valence-electron chi connectivity index (χ2n) is 4.54. The predicted octanol–water partition coefficient (Wildman–Crippen LogP) is 3.56. The number of nitrogens with one attached hydrogen (secondary N) is 1. The van der Waals surface area contributed by atoms with Crippen molar-refractivity contribution in [2.24, 2.45) is 0 Å². The highest BCUT2D eigenvalue weighted by atomic mass is 16.6. The molecule has 0 spiro atoms. The van der Waals surface area contributed by atoms with Gasteiger partial charge in [0.25, 0.3) is 5.69 Å². The molecule has 106 valence electrons. The van der Waals surface area contributed by atoms with Gasteiger partial charge in [0, 0.05) is 23.9 Å². The molecule has 0 aliphatic heterocycles. The Morgan fingerprint density at radius 2 is 1.90 bits per heavy atom. The maximum atomic E-state index is 11.8. The molecule has 0 aromatic heterocycles. The lowest BCUT2D eigenvalue weighted by atomic mass is 10.2. The summed E-state index contributed by atoms with van der Waals surface area (Å²) >= 11 is 0. The lowest BCUT2D eigenvalue weighted by Gasteiger charge is -2.02. The third kappa shape index (κ3) is 4.28. The fraction of sp³-hybridized carbons (Fsp3) is 0.0625. The molecule has 5 nitrogen and oxygen atoms in total. The third-order valence-electron chi connectivity index (χ3n) is 2.83. The molecule has 0 aliphatic carbocycles. The van der Waals surface area contributed by atoms with Gasteiger partial charge in [-0.2, -0.15) is 0 Å². The molecule has 21 heavy (non-hydrogen) atoms. The molecule has 1 amide bonds. The lowest BCUT2D eigenvalue weighted by Crippen LogP contribution is -2.07. The number of nitrogens with zero attached hydrogens (tertiary/aromatic N) is 1. The fourth-order valence-corrected chi connectivity index (χ4v) is 1.73. The van der Waals surface area contributed by atoms with Crippen LogP contribution in [0.25, 0.3) is 6.08 Å². The van der Waals surface area contributed by atoms with E-state index in [1.807, 2.05) is 31.2 Å². The lowest BCUT2D eigenvalue weighted by molar-refractivity contribution is -0.384. The highest BCUT2D eigenvalue weighted by molar-refractivity contribution is 6.01. The van der Waals surface area contributed by atoms with E-state index in [-0.39, 0.29) is 11.6 Å². The molecule has 5 heteroatoms. The quantitative estimate of drug-likeness (QED) is 0.529. The minimum absolute atomic E-state index is 0.00362. The summed E-state index contributed by atoms with van der Waals surface area (Å²) in [4.78, 5) is 22.0. The Morgan fingerprint density at radius 1 is 1.19 bits per heavy atom. The number of carbonyl (C=O) groups excluding carboxylic acids is 1. The summed E-state index contributed by atoms with van der Waals surface area (Å²) in [7, 11) is 0. The van der Waals surface area contributed by atoms with Gasteiger partial charge < -0.3 is 5.32 Å². The van der Waals surface area contributed by atoms with E-state index in [2.05, 4.69) is 5.32 Å². The van der Waals surface area contributed by atoms with Gasteiger partial charge in [0.05, 0.1) is 4.92 Å². The van der Waals surface area contributed by atoms with Crippen molar-refractivity contribution in [3.8, 4) is 0 Å². The van der Waals surface area contributed by atoms with Crippen molar-refractivity contribution in [3.63, 3.8) is 0 Å². The van der Waals surface area contributed by atoms with Crippen molar-refractivity contribution in [3.05, 3.63) is 75.8 Å². The molecular weight excluding hydrogens is 268 g/mol. The van der Waals surface area contributed by atoms with Gasteiger partial charge in [-0.25, -0.2) is 0 Å². The number of benzene rings is 2. The van der Waals surface area contributed by atoms with Gasteiger partial charge in [0.1, 0.15) is 0 Å². The Morgan fingerprint density at radius 3 is 2.57 bits per heavy atom. The SMILES string of the molecule is Cc1ccc(NC(=O)/C=C/c2cccc([N+](=O)[O-])c2)cc1. The minimum atomic E-state index is -0.469. The van der Waals surface area contributed by atoms with Crippen LogP contribution < -0.4 is 5.32 Å². The normalized spacial score (nSPS) is 10.5. The van der Waals surface area contributed by atoms with E-state index < -0.39 is 4.92 Å². The molecule has 0 saturated heterocycles. The van der Waals surface area contributed by atoms with Crippen molar-refractivity contribution < 1.29 is 9.72 Å². The average molecular weight is 282 g/mol. The van der Waals surface area contributed by atoms with Gasteiger partial charge in [0.2, 0.25) is 5.91 Å². The second-order valence-corrected chi connectivity index (χ2v) is 4.54. The first kappa shape index (κ1) is 14.5. The summed E-state index contributed by atoms with van der Waals surface area (Å²) in [6, 6.07) is 13.5. The number of rotatable bonds is 4. The summed E-state index contributed by atoms with van der Waals surface area (Å²) in [5.41, 5.74) is 2.41. The maximum absolute atomic E-state index is 11.8. The number of nitro groups is 1. The van der Waals surface area contributed by atoms with Crippen LogP contribution >= 0.6 is 0 Å². The zero-order valence-electron chi connectivity index (χ0n) is 11.4. The van der Waals surface area contributed by atoms with Crippen LogP contribution in [-0.4, -0.2) is 10.8 Å². The smallest absolute Gasteiger partial charge is 0.270 e. The standard InChI is InChI=1S/C16H14N2O3/c1-12-5-8-14(9-6-12)17-16(19)10-7-13-3-2-4-15(11-13)18(20)21/h2-11H,1H3,(H,17,19)/b10-7+. The van der Waals surface area contributed by atoms with E-state index in [1.165, 1.54) is 24.3 Å². The van der Waals surface area contributed by atoms with E-state index in [0.29, 0.717) is 11.3 Å². The van der Waals surface area contributed by atoms with Crippen LogP contribution in [0.3, 0.4) is 0 Å². The van der Waals surface area contributed by atoms with E-state index in [9.17, 15) is 14.9 Å². The van der Waals surface area contributed by atoms with Gasteiger partial charge in [-0.1, -0.05) is 29.8 Å². The molecule has 0 aliphatic rings. The molecule has 0 atom stereocenters. The predicted molar refractivity (Wildman–Crippen MR) is 81.9 cm³/mol. The van der Waals surface area contributed by atoms with E-state index >= 15 is 0 Å². The number of non-ortho nitro benzene ring substituents is 1. The molecule has 2 aromatic carbocycles. The van der Waals surface area contributed by atoms with Crippen LogP contribution in [0, 0.1) is 17.0 Å². The number of nitro benzene ring substituents is 1. The molecule has 2 aromatic rings. The van der Waals surface area contributed by atoms with E-state index in [1.54, 1.807) is 12.1 Å². The van der Waals surface area contributed by atoms with Gasteiger partial charge in [0.15, 0.2) is 0 Å². The third-order valence-corrected chi connectivity index (χ3v) is 2.83. The fourth-order valence-electron chi connectivity index (χ4n) is 1.73. The molecule has 0 unspecified atom stereocenters. The highest BCUT2D eigenvalue weighted by Gasteiger charge is 2.04. The number of hydrogen-bond acceptors (Lipinski definition) is 3. The number of hydrogen-bond donors (Lipinski definition) is 1. The molecule has 1 N–H and O–H groups in total. The van der Waals surface area contributed by atoms with Crippen molar-refractivity contribution in [2.75, 3.05) is 5.32 Å². The van der Waals surface area contributed by atoms with Crippen LogP contribution in [0.2, 0.25) is 0 Å². The number of aryl methyl sites for hydroxylation is 1. The highest BCUT2D eigenvalue weighted by Crippen LogP contribution is 2.14. The molecule has 0 saturated carbocycles. The summed E-state index contributed by atoms with van der Waals surface area (Å²) in [6.07, 6.45) is 2.88. The Labute approximate surface area is 122 Å². The number of carbonyl (C=O) groups is 1. The largest absolute Gasteiger partial charge is 0.323 e. The zero-order valence-corrected chi connectivity index (χ0v) is 11.4. The van der Waals surface area contributed by atoms with Crippen molar-refractivity contribution in [1.82, 2.24) is 0 Å². The topological polar surface area (TPSA) is 72.2 Å². The molecule has 0 fully saturated rings. The molecule has 0 heterocycles. The van der Waals surface area contributed by atoms with Crippen LogP contribution in [0.4, 0.5) is 11.4 Å². The minimum Gasteiger partial charge on any atom is -0.323 e. The first-order valence-corrected chi connectivity index (χ1v) is 6.35. The summed E-state index contributed by atoms with van der Waals surface area (Å²) in [5, 5.41) is 13.4. The zero-order chi connectivity index (χ0) is 15.2. The van der Waals surface area contributed by atoms with Crippen LogP contribution in [0.5, 0.6) is 0 Å². The Hall–Kier alpha value is -2.95. The monoisotopic (exact) mass is 282 g/mol. The van der Waals surface area contributed by atoms with Crippen molar-refractivity contribution >= 4 is 23.4 Å². The number of amides is 1. The van der Waals surface area contributed by atoms with Crippen LogP contribution in [0.15, 0.2) is 54.6 Å². The van der Waals surface area contributed by atoms with Gasteiger partial charge >= 0.3 is 0 Å². The Balaban J connectivity index is 2.03. The summed E-state index contributed by atoms with van der Waals surface area (Å²) in [5.74, 6) is -0.287. The molecule has 2 rings (SSSR count). The first-order valence-electron chi connectivity index (χ1n) is 6.35. The summed E-state index contributed by atoms with van der Waals surface area (Å²) < 4.78 is 0. The molecule has 0 bridgehead atoms. The van der Waals surface area contributed by atoms with Gasteiger partial charge in [-0.15, -0.1) is 0 Å². The second kappa shape index (κ2) is 6.47.